The van der Waals surface area contributed by atoms with Gasteiger partial charge in [0.05, 0.1) is 24.6 Å². The Hall–Kier alpha value is -2.37. The fraction of sp³-hybridized carbons (Fsp3) is 0.231. The predicted molar refractivity (Wildman–Crippen MR) is 68.7 cm³/mol. The minimum atomic E-state index is -0.618. The Balaban J connectivity index is 2.55. The van der Waals surface area contributed by atoms with Crippen LogP contribution in [0.15, 0.2) is 24.4 Å². The van der Waals surface area contributed by atoms with Crippen molar-refractivity contribution in [3.63, 3.8) is 0 Å². The fourth-order valence-corrected chi connectivity index (χ4v) is 1.85. The number of hydrogen-bond donors (Lipinski definition) is 1. The Bertz CT molecular complexity index is 601. The van der Waals surface area contributed by atoms with Crippen molar-refractivity contribution in [2.45, 2.75) is 13.5 Å². The van der Waals surface area contributed by atoms with Gasteiger partial charge in [0.25, 0.3) is 0 Å². The molecular weight excluding hydrogens is 249 g/mol. The van der Waals surface area contributed by atoms with Crippen molar-refractivity contribution < 1.29 is 13.9 Å². The maximum atomic E-state index is 13.4. The molecule has 0 unspecified atom stereocenters. The number of carbonyl (C=O) groups excluding carboxylic acids is 1. The maximum Gasteiger partial charge on any atom is 0.217 e. The average molecular weight is 263 g/mol. The molecule has 0 saturated carbocycles. The van der Waals surface area contributed by atoms with E-state index in [4.69, 9.17) is 10.5 Å². The number of carbonyl (C=O) groups is 1. The molecule has 0 bridgehead atoms. The molecule has 1 heterocycles. The minimum absolute atomic E-state index is 0.105. The lowest BCUT2D eigenvalue weighted by molar-refractivity contribution is 0.102. The quantitative estimate of drug-likeness (QED) is 0.675. The van der Waals surface area contributed by atoms with E-state index in [9.17, 15) is 9.18 Å². The second-order valence-electron chi connectivity index (χ2n) is 3.91. The van der Waals surface area contributed by atoms with Crippen LogP contribution in [0.1, 0.15) is 23.0 Å². The average Bonchev–Trinajstić information content (AvgIpc) is 2.84. The Morgan fingerprint density at radius 3 is 2.89 bits per heavy atom. The van der Waals surface area contributed by atoms with E-state index in [1.165, 1.54) is 36.2 Å². The van der Waals surface area contributed by atoms with Gasteiger partial charge < -0.3 is 10.5 Å². The van der Waals surface area contributed by atoms with Gasteiger partial charge in [0.1, 0.15) is 5.82 Å². The smallest absolute Gasteiger partial charge is 0.217 e. The van der Waals surface area contributed by atoms with E-state index in [-0.39, 0.29) is 16.9 Å². The number of rotatable bonds is 4. The second-order valence-corrected chi connectivity index (χ2v) is 3.91. The lowest BCUT2D eigenvalue weighted by Crippen LogP contribution is -2.14. The van der Waals surface area contributed by atoms with Crippen LogP contribution in [-0.2, 0) is 6.54 Å². The molecular formula is C13H14FN3O2. The van der Waals surface area contributed by atoms with E-state index < -0.39 is 11.6 Å². The van der Waals surface area contributed by atoms with Crippen LogP contribution in [0.5, 0.6) is 5.75 Å². The summed E-state index contributed by atoms with van der Waals surface area (Å²) in [4.78, 5) is 12.5. The van der Waals surface area contributed by atoms with E-state index in [0.717, 1.165) is 0 Å². The van der Waals surface area contributed by atoms with Crippen molar-refractivity contribution in [1.82, 2.24) is 9.78 Å². The molecule has 0 amide bonds. The minimum Gasteiger partial charge on any atom is -0.493 e. The molecule has 2 rings (SSSR count). The molecule has 5 nitrogen and oxygen atoms in total. The van der Waals surface area contributed by atoms with Crippen LogP contribution >= 0.6 is 0 Å². The molecule has 6 heteroatoms. The molecule has 0 saturated heterocycles. The first-order valence-corrected chi connectivity index (χ1v) is 5.78. The number of methoxy groups -OCH3 is 1. The Morgan fingerprint density at radius 1 is 1.53 bits per heavy atom. The largest absolute Gasteiger partial charge is 0.493 e. The lowest BCUT2D eigenvalue weighted by Gasteiger charge is -2.08. The topological polar surface area (TPSA) is 70.1 Å². The summed E-state index contributed by atoms with van der Waals surface area (Å²) < 4.78 is 20.0. The molecule has 1 aromatic heterocycles. The van der Waals surface area contributed by atoms with Crippen molar-refractivity contribution in [3.8, 4) is 5.75 Å². The zero-order valence-corrected chi connectivity index (χ0v) is 10.7. The molecule has 0 spiro atoms. The van der Waals surface area contributed by atoms with Crippen LogP contribution in [0.2, 0.25) is 0 Å². The molecule has 19 heavy (non-hydrogen) atoms. The number of nitrogens with two attached hydrogens (primary N) is 1. The van der Waals surface area contributed by atoms with Gasteiger partial charge in [0.15, 0.2) is 11.4 Å². The molecule has 0 aliphatic rings. The standard InChI is InChI=1S/C13H14FN3O2/c1-3-17-12(10(19-2)7-16-17)13(18)8-5-4-6-9(14)11(8)15/h4-7H,3,15H2,1-2H3. The molecule has 2 N–H and O–H groups in total. The maximum absolute atomic E-state index is 13.4. The molecule has 0 aliphatic carbocycles. The van der Waals surface area contributed by atoms with Gasteiger partial charge in [-0.1, -0.05) is 6.07 Å². The van der Waals surface area contributed by atoms with Gasteiger partial charge in [0.2, 0.25) is 5.78 Å². The Kier molecular flexibility index (Phi) is 3.50. The summed E-state index contributed by atoms with van der Waals surface area (Å²) in [6.45, 7) is 2.35. The highest BCUT2D eigenvalue weighted by Crippen LogP contribution is 2.25. The zero-order valence-electron chi connectivity index (χ0n) is 10.7. The van der Waals surface area contributed by atoms with Gasteiger partial charge in [-0.05, 0) is 19.1 Å². The molecule has 0 aliphatic heterocycles. The van der Waals surface area contributed by atoms with Crippen molar-refractivity contribution in [1.29, 1.82) is 0 Å². The number of ketones is 1. The van der Waals surface area contributed by atoms with Gasteiger partial charge in [-0.15, -0.1) is 0 Å². The van der Waals surface area contributed by atoms with Crippen LogP contribution in [0, 0.1) is 5.82 Å². The highest BCUT2D eigenvalue weighted by Gasteiger charge is 2.23. The number of nitrogens with zero attached hydrogens (tertiary/aromatic N) is 2. The number of nitrogen functional groups attached to an aromatic ring is 1. The van der Waals surface area contributed by atoms with Gasteiger partial charge in [-0.25, -0.2) is 4.39 Å². The summed E-state index contributed by atoms with van der Waals surface area (Å²) in [5.74, 6) is -0.684. The van der Waals surface area contributed by atoms with Crippen LogP contribution in [-0.4, -0.2) is 22.7 Å². The van der Waals surface area contributed by atoms with Gasteiger partial charge in [0, 0.05) is 6.54 Å². The monoisotopic (exact) mass is 263 g/mol. The van der Waals surface area contributed by atoms with Crippen molar-refractivity contribution in [3.05, 3.63) is 41.5 Å². The van der Waals surface area contributed by atoms with Crippen LogP contribution in [0.4, 0.5) is 10.1 Å². The number of para-hydroxylation sites is 1. The normalized spacial score (nSPS) is 10.5. The third kappa shape index (κ3) is 2.16. The lowest BCUT2D eigenvalue weighted by atomic mass is 10.1. The highest BCUT2D eigenvalue weighted by molar-refractivity contribution is 6.12. The van der Waals surface area contributed by atoms with Crippen molar-refractivity contribution in [2.24, 2.45) is 0 Å². The van der Waals surface area contributed by atoms with Crippen molar-refractivity contribution >= 4 is 11.5 Å². The van der Waals surface area contributed by atoms with Gasteiger partial charge in [-0.2, -0.15) is 5.10 Å². The zero-order chi connectivity index (χ0) is 14.0. The number of anilines is 1. The first-order chi connectivity index (χ1) is 9.10. The van der Waals surface area contributed by atoms with Crippen LogP contribution in [0.3, 0.4) is 0 Å². The summed E-state index contributed by atoms with van der Waals surface area (Å²) in [7, 11) is 1.45. The molecule has 100 valence electrons. The predicted octanol–water partition coefficient (Wildman–Crippen LogP) is 1.86. The number of benzene rings is 1. The number of aryl methyl sites for hydroxylation is 1. The van der Waals surface area contributed by atoms with E-state index in [2.05, 4.69) is 5.10 Å². The summed E-state index contributed by atoms with van der Waals surface area (Å²) in [5, 5.41) is 4.04. The number of ether oxygens (including phenoxy) is 1. The second kappa shape index (κ2) is 5.09. The van der Waals surface area contributed by atoms with E-state index >= 15 is 0 Å². The molecule has 0 fully saturated rings. The summed E-state index contributed by atoms with van der Waals surface area (Å²) >= 11 is 0. The molecule has 1 aromatic carbocycles. The number of aromatic nitrogens is 2. The van der Waals surface area contributed by atoms with Crippen LogP contribution in [0.25, 0.3) is 0 Å². The molecule has 0 atom stereocenters. The molecule has 0 radical (unpaired) electrons. The van der Waals surface area contributed by atoms with E-state index in [1.54, 1.807) is 0 Å². The van der Waals surface area contributed by atoms with E-state index in [0.29, 0.717) is 12.3 Å². The number of hydrogen-bond acceptors (Lipinski definition) is 4. The first kappa shape index (κ1) is 13.1. The third-order valence-electron chi connectivity index (χ3n) is 2.84. The summed E-state index contributed by atoms with van der Waals surface area (Å²) in [6.07, 6.45) is 1.45. The van der Waals surface area contributed by atoms with Crippen LogP contribution < -0.4 is 10.5 Å². The Morgan fingerprint density at radius 2 is 2.26 bits per heavy atom. The SMILES string of the molecule is CCn1ncc(OC)c1C(=O)c1cccc(F)c1N. The summed E-state index contributed by atoms with van der Waals surface area (Å²) in [6, 6.07) is 4.13. The summed E-state index contributed by atoms with van der Waals surface area (Å²) in [5.41, 5.74) is 5.81. The van der Waals surface area contributed by atoms with Gasteiger partial charge in [-0.3, -0.25) is 9.48 Å². The van der Waals surface area contributed by atoms with Crippen molar-refractivity contribution in [2.75, 3.05) is 12.8 Å². The highest BCUT2D eigenvalue weighted by atomic mass is 19.1. The fourth-order valence-electron chi connectivity index (χ4n) is 1.85. The van der Waals surface area contributed by atoms with E-state index in [1.807, 2.05) is 6.92 Å². The number of halogens is 1. The van der Waals surface area contributed by atoms with Gasteiger partial charge >= 0.3 is 0 Å². The third-order valence-corrected chi connectivity index (χ3v) is 2.84. The Labute approximate surface area is 109 Å². The molecule has 2 aromatic rings. The first-order valence-electron chi connectivity index (χ1n) is 5.78.